The second kappa shape index (κ2) is 3.65. The van der Waals surface area contributed by atoms with Gasteiger partial charge >= 0.3 is 0 Å². The van der Waals surface area contributed by atoms with Gasteiger partial charge in [-0.15, -0.1) is 23.5 Å². The van der Waals surface area contributed by atoms with E-state index in [9.17, 15) is 9.59 Å². The van der Waals surface area contributed by atoms with Crippen molar-refractivity contribution in [2.75, 3.05) is 11.5 Å². The smallest absolute Gasteiger partial charge is 0.142 e. The number of thioether (sulfide) groups is 2. The number of carbonyl (C=O) groups excluding carboxylic acids is 2. The highest BCUT2D eigenvalue weighted by Crippen LogP contribution is 2.49. The summed E-state index contributed by atoms with van der Waals surface area (Å²) in [6.07, 6.45) is 2.60. The minimum absolute atomic E-state index is 0.0648. The Hall–Kier alpha value is 0.0400. The first kappa shape index (κ1) is 9.59. The molecule has 1 heterocycles. The van der Waals surface area contributed by atoms with Gasteiger partial charge in [-0.25, -0.2) is 0 Å². The van der Waals surface area contributed by atoms with Gasteiger partial charge in [0, 0.05) is 12.8 Å². The Labute approximate surface area is 86.2 Å². The fraction of sp³-hybridized carbons (Fsp3) is 0.778. The van der Waals surface area contributed by atoms with Crippen LogP contribution in [0.3, 0.4) is 0 Å². The summed E-state index contributed by atoms with van der Waals surface area (Å²) in [6.45, 7) is 0. The van der Waals surface area contributed by atoms with E-state index >= 15 is 0 Å². The molecule has 0 radical (unpaired) electrons. The molecule has 2 aliphatic rings. The molecule has 0 aromatic heterocycles. The molecule has 0 bridgehead atoms. The predicted molar refractivity (Wildman–Crippen MR) is 56.1 cm³/mol. The molecule has 13 heavy (non-hydrogen) atoms. The van der Waals surface area contributed by atoms with Crippen LogP contribution in [0.25, 0.3) is 0 Å². The summed E-state index contributed by atoms with van der Waals surface area (Å²) in [4.78, 5) is 22.6. The van der Waals surface area contributed by atoms with Gasteiger partial charge in [-0.2, -0.15) is 0 Å². The first-order chi connectivity index (χ1) is 6.20. The van der Waals surface area contributed by atoms with E-state index in [1.54, 1.807) is 0 Å². The van der Waals surface area contributed by atoms with Crippen LogP contribution in [0, 0.1) is 0 Å². The molecule has 0 aromatic carbocycles. The van der Waals surface area contributed by atoms with Crippen molar-refractivity contribution in [3.8, 4) is 0 Å². The lowest BCUT2D eigenvalue weighted by atomic mass is 9.97. The van der Waals surface area contributed by atoms with Crippen LogP contribution in [0.4, 0.5) is 0 Å². The quantitative estimate of drug-likeness (QED) is 0.579. The maximum Gasteiger partial charge on any atom is 0.142 e. The molecule has 0 amide bonds. The minimum atomic E-state index is -0.0648. The first-order valence-corrected chi connectivity index (χ1v) is 6.49. The Morgan fingerprint density at radius 2 is 1.54 bits per heavy atom. The van der Waals surface area contributed by atoms with E-state index in [0.29, 0.717) is 12.8 Å². The summed E-state index contributed by atoms with van der Waals surface area (Å²) < 4.78 is -0.0648. The van der Waals surface area contributed by atoms with Gasteiger partial charge in [0.25, 0.3) is 0 Å². The van der Waals surface area contributed by atoms with Crippen LogP contribution >= 0.6 is 23.5 Å². The average Bonchev–Trinajstić information content (AvgIpc) is 2.02. The normalized spacial score (nSPS) is 28.0. The van der Waals surface area contributed by atoms with E-state index in [1.165, 1.54) is 6.42 Å². The molecule has 1 aliphatic carbocycles. The fourth-order valence-corrected chi connectivity index (χ4v) is 5.22. The van der Waals surface area contributed by atoms with Crippen LogP contribution in [0.1, 0.15) is 25.7 Å². The first-order valence-electron chi connectivity index (χ1n) is 4.52. The molecule has 1 spiro atoms. The largest absolute Gasteiger partial charge is 0.299 e. The van der Waals surface area contributed by atoms with Crippen molar-refractivity contribution in [2.24, 2.45) is 0 Å². The lowest BCUT2D eigenvalue weighted by Gasteiger charge is -2.37. The molecule has 1 saturated carbocycles. The highest BCUT2D eigenvalue weighted by Gasteiger charge is 2.41. The van der Waals surface area contributed by atoms with Crippen molar-refractivity contribution in [2.45, 2.75) is 29.8 Å². The van der Waals surface area contributed by atoms with E-state index in [2.05, 4.69) is 0 Å². The fourth-order valence-electron chi connectivity index (χ4n) is 1.83. The van der Waals surface area contributed by atoms with Crippen LogP contribution in [0.2, 0.25) is 0 Å². The summed E-state index contributed by atoms with van der Waals surface area (Å²) in [5.74, 6) is 2.48. The van der Waals surface area contributed by atoms with Crippen molar-refractivity contribution < 1.29 is 9.59 Å². The van der Waals surface area contributed by atoms with Gasteiger partial charge in [-0.05, 0) is 17.9 Å². The Balaban J connectivity index is 2.11. The minimum Gasteiger partial charge on any atom is -0.299 e. The third-order valence-corrected chi connectivity index (χ3v) is 5.67. The molecular formula is C9H12O2S2. The Kier molecular flexibility index (Phi) is 2.70. The second-order valence-electron chi connectivity index (χ2n) is 3.57. The molecule has 1 saturated heterocycles. The number of hydrogen-bond donors (Lipinski definition) is 0. The van der Waals surface area contributed by atoms with Crippen LogP contribution < -0.4 is 0 Å². The zero-order chi connectivity index (χ0) is 9.31. The number of rotatable bonds is 0. The van der Waals surface area contributed by atoms with Gasteiger partial charge in [0.2, 0.25) is 0 Å². The molecule has 4 heteroatoms. The lowest BCUT2D eigenvalue weighted by molar-refractivity contribution is -0.129. The monoisotopic (exact) mass is 216 g/mol. The molecule has 1 aliphatic heterocycles. The molecule has 0 atom stereocenters. The van der Waals surface area contributed by atoms with E-state index in [0.717, 1.165) is 11.5 Å². The molecule has 2 nitrogen and oxygen atoms in total. The van der Waals surface area contributed by atoms with Gasteiger partial charge < -0.3 is 0 Å². The number of hydrogen-bond acceptors (Lipinski definition) is 4. The van der Waals surface area contributed by atoms with Crippen molar-refractivity contribution >= 4 is 35.1 Å². The highest BCUT2D eigenvalue weighted by atomic mass is 32.2. The summed E-state index contributed by atoms with van der Waals surface area (Å²) in [5.41, 5.74) is 0. The van der Waals surface area contributed by atoms with Crippen molar-refractivity contribution in [3.63, 3.8) is 0 Å². The molecule has 0 N–H and O–H groups in total. The average molecular weight is 216 g/mol. The number of Topliss-reactive ketones (excluding diaryl/α,β-unsaturated/α-hetero) is 2. The van der Waals surface area contributed by atoms with Crippen molar-refractivity contribution in [1.29, 1.82) is 0 Å². The molecular weight excluding hydrogens is 204 g/mol. The molecule has 0 aromatic rings. The SMILES string of the molecule is O=C1CC(=O)CC2(C1)SCCCS2. The Morgan fingerprint density at radius 1 is 1.00 bits per heavy atom. The number of ketones is 2. The second-order valence-corrected chi connectivity index (χ2v) is 6.78. The summed E-state index contributed by atoms with van der Waals surface area (Å²) in [5, 5.41) is 0. The summed E-state index contributed by atoms with van der Waals surface area (Å²) in [7, 11) is 0. The predicted octanol–water partition coefficient (Wildman–Crippen LogP) is 1.87. The summed E-state index contributed by atoms with van der Waals surface area (Å²) >= 11 is 3.63. The lowest BCUT2D eigenvalue weighted by Crippen LogP contribution is -2.36. The number of carbonyl (C=O) groups is 2. The highest BCUT2D eigenvalue weighted by molar-refractivity contribution is 8.18. The van der Waals surface area contributed by atoms with Crippen LogP contribution in [0.5, 0.6) is 0 Å². The topological polar surface area (TPSA) is 34.1 Å². The maximum absolute atomic E-state index is 11.3. The van der Waals surface area contributed by atoms with Gasteiger partial charge in [-0.1, -0.05) is 0 Å². The standard InChI is InChI=1S/C9H12O2S2/c10-7-4-8(11)6-9(5-7)12-2-1-3-13-9/h1-6H2. The van der Waals surface area contributed by atoms with E-state index in [1.807, 2.05) is 23.5 Å². The summed E-state index contributed by atoms with van der Waals surface area (Å²) in [6, 6.07) is 0. The van der Waals surface area contributed by atoms with Crippen LogP contribution in [0.15, 0.2) is 0 Å². The van der Waals surface area contributed by atoms with Crippen molar-refractivity contribution in [1.82, 2.24) is 0 Å². The zero-order valence-electron chi connectivity index (χ0n) is 7.38. The molecule has 72 valence electrons. The van der Waals surface area contributed by atoms with Crippen LogP contribution in [-0.2, 0) is 9.59 Å². The molecule has 0 unspecified atom stereocenters. The third-order valence-electron chi connectivity index (χ3n) is 2.35. The molecule has 2 rings (SSSR count). The zero-order valence-corrected chi connectivity index (χ0v) is 9.01. The Morgan fingerprint density at radius 3 is 2.08 bits per heavy atom. The van der Waals surface area contributed by atoms with Crippen LogP contribution in [-0.4, -0.2) is 27.2 Å². The van der Waals surface area contributed by atoms with E-state index in [-0.39, 0.29) is 22.1 Å². The van der Waals surface area contributed by atoms with Gasteiger partial charge in [-0.3, -0.25) is 9.59 Å². The Bertz CT molecular complexity index is 226. The maximum atomic E-state index is 11.3. The van der Waals surface area contributed by atoms with Gasteiger partial charge in [0.1, 0.15) is 11.6 Å². The van der Waals surface area contributed by atoms with E-state index in [4.69, 9.17) is 0 Å². The van der Waals surface area contributed by atoms with Gasteiger partial charge in [0.15, 0.2) is 0 Å². The third kappa shape index (κ3) is 2.10. The van der Waals surface area contributed by atoms with E-state index < -0.39 is 0 Å². The van der Waals surface area contributed by atoms with Gasteiger partial charge in [0.05, 0.1) is 10.5 Å². The molecule has 2 fully saturated rings. The van der Waals surface area contributed by atoms with Crippen molar-refractivity contribution in [3.05, 3.63) is 0 Å².